The molecule has 1 aliphatic carbocycles. The Labute approximate surface area is 265 Å². The number of hydrogen-bond donors (Lipinski definition) is 1. The van der Waals surface area contributed by atoms with Gasteiger partial charge in [0, 0.05) is 41.7 Å². The number of benzene rings is 3. The van der Waals surface area contributed by atoms with Crippen LogP contribution < -0.4 is 28.7 Å². The van der Waals surface area contributed by atoms with Crippen molar-refractivity contribution in [3.05, 3.63) is 70.8 Å². The number of rotatable bonds is 9. The van der Waals surface area contributed by atoms with Gasteiger partial charge in [-0.2, -0.15) is 5.10 Å². The maximum atomic E-state index is 14.6. The number of carbonyl (C=O) groups is 3. The topological polar surface area (TPSA) is 136 Å². The third-order valence-electron chi connectivity index (χ3n) is 9.22. The zero-order chi connectivity index (χ0) is 32.1. The Morgan fingerprint density at radius 3 is 2.33 bits per heavy atom. The Balaban J connectivity index is 1.42. The summed E-state index contributed by atoms with van der Waals surface area (Å²) in [6.45, 7) is -0.246. The van der Waals surface area contributed by atoms with Crippen molar-refractivity contribution in [2.75, 3.05) is 46.2 Å². The van der Waals surface area contributed by atoms with E-state index in [0.29, 0.717) is 52.1 Å². The van der Waals surface area contributed by atoms with E-state index in [1.54, 1.807) is 7.11 Å². The van der Waals surface area contributed by atoms with Crippen molar-refractivity contribution < 1.29 is 43.2 Å². The molecule has 7 rings (SSSR count). The van der Waals surface area contributed by atoms with Crippen LogP contribution in [0.3, 0.4) is 0 Å². The highest BCUT2D eigenvalue weighted by Crippen LogP contribution is 2.52. The van der Waals surface area contributed by atoms with Crippen LogP contribution in [0.2, 0.25) is 0 Å². The first kappa shape index (κ1) is 29.6. The minimum Gasteiger partial charge on any atom is -0.497 e. The van der Waals surface area contributed by atoms with Crippen LogP contribution in [0.25, 0.3) is 0 Å². The average Bonchev–Trinajstić information content (AvgIpc) is 3.81. The van der Waals surface area contributed by atoms with Crippen molar-refractivity contribution in [1.82, 2.24) is 4.90 Å². The van der Waals surface area contributed by atoms with Gasteiger partial charge in [0.15, 0.2) is 28.8 Å². The van der Waals surface area contributed by atoms with Gasteiger partial charge in [-0.15, -0.1) is 0 Å². The average molecular weight is 628 g/mol. The summed E-state index contributed by atoms with van der Waals surface area (Å²) in [6.07, 6.45) is 0.173. The molecule has 1 fully saturated rings. The van der Waals surface area contributed by atoms with Crippen LogP contribution in [-0.2, 0) is 21.0 Å². The van der Waals surface area contributed by atoms with Gasteiger partial charge in [0.1, 0.15) is 5.75 Å². The lowest BCUT2D eigenvalue weighted by Crippen LogP contribution is -2.46. The molecule has 0 saturated carbocycles. The van der Waals surface area contributed by atoms with Gasteiger partial charge in [0.25, 0.3) is 0 Å². The third-order valence-corrected chi connectivity index (χ3v) is 9.22. The fourth-order valence-corrected chi connectivity index (χ4v) is 7.06. The van der Waals surface area contributed by atoms with Gasteiger partial charge >= 0.3 is 0 Å². The number of methoxy groups -OCH3 is 3. The van der Waals surface area contributed by atoms with E-state index in [4.69, 9.17) is 28.8 Å². The first-order valence-corrected chi connectivity index (χ1v) is 15.0. The van der Waals surface area contributed by atoms with E-state index in [1.165, 1.54) is 14.2 Å². The minimum absolute atomic E-state index is 0.0589. The summed E-state index contributed by atoms with van der Waals surface area (Å²) in [6, 6.07) is 14.9. The smallest absolute Gasteiger partial charge is 0.231 e. The number of ketones is 1. The van der Waals surface area contributed by atoms with Gasteiger partial charge < -0.3 is 28.8 Å². The second kappa shape index (κ2) is 11.7. The Morgan fingerprint density at radius 1 is 0.957 bits per heavy atom. The highest BCUT2D eigenvalue weighted by Gasteiger charge is 2.50. The molecule has 0 radical (unpaired) electrons. The minimum atomic E-state index is -0.749. The van der Waals surface area contributed by atoms with Gasteiger partial charge in [-0.1, -0.05) is 0 Å². The first-order chi connectivity index (χ1) is 22.3. The fourth-order valence-electron chi connectivity index (χ4n) is 7.06. The summed E-state index contributed by atoms with van der Waals surface area (Å²) in [5, 5.41) is 17.2. The summed E-state index contributed by atoms with van der Waals surface area (Å²) < 4.78 is 28.1. The third kappa shape index (κ3) is 4.80. The van der Waals surface area contributed by atoms with Crippen molar-refractivity contribution in [2.24, 2.45) is 16.9 Å². The molecule has 3 heterocycles. The van der Waals surface area contributed by atoms with Crippen molar-refractivity contribution >= 4 is 29.0 Å². The maximum absolute atomic E-state index is 14.6. The Kier molecular flexibility index (Phi) is 7.52. The molecule has 3 aromatic carbocycles. The van der Waals surface area contributed by atoms with Crippen molar-refractivity contribution in [2.45, 2.75) is 25.4 Å². The number of aliphatic hydroxyl groups is 1. The molecule has 1 saturated heterocycles. The van der Waals surface area contributed by atoms with Gasteiger partial charge in [-0.25, -0.2) is 0 Å². The molecule has 3 atom stereocenters. The summed E-state index contributed by atoms with van der Waals surface area (Å²) in [7, 11) is 4.61. The highest BCUT2D eigenvalue weighted by molar-refractivity contribution is 6.11. The van der Waals surface area contributed by atoms with Crippen LogP contribution in [0.15, 0.2) is 53.6 Å². The molecular formula is C34H33N3O9. The molecule has 4 aliphatic rings. The van der Waals surface area contributed by atoms with Crippen LogP contribution in [0.4, 0.5) is 5.69 Å². The molecule has 3 aliphatic heterocycles. The standard InChI is InChI=1S/C34H33N3O9/c1-42-21-6-4-20(5-7-21)37-14-24-32(25(39)15-36-29(40)8-9-30(36)41)31(18-10-19(16-38)34(44-3)28(11-18)43-2)22-12-26-27(46-17-45-26)13-23(22)33(24)35-37/h4-7,10-13,24,31-32,38H,8-9,14-17H2,1-3H3/t24-,31+,32+/m0/s1. The highest BCUT2D eigenvalue weighted by atomic mass is 16.7. The second-order valence-electron chi connectivity index (χ2n) is 11.6. The van der Waals surface area contributed by atoms with E-state index >= 15 is 0 Å². The van der Waals surface area contributed by atoms with Crippen LogP contribution in [0.5, 0.6) is 28.7 Å². The molecule has 0 bridgehead atoms. The molecule has 12 heteroatoms. The van der Waals surface area contributed by atoms with Crippen molar-refractivity contribution in [3.8, 4) is 28.7 Å². The molecule has 238 valence electrons. The van der Waals surface area contributed by atoms with E-state index in [2.05, 4.69) is 0 Å². The monoisotopic (exact) mass is 627 g/mol. The molecule has 1 N–H and O–H groups in total. The second-order valence-corrected chi connectivity index (χ2v) is 11.6. The number of anilines is 1. The number of Topliss-reactive ketones (excluding diaryl/α,β-unsaturated/α-hetero) is 1. The molecule has 0 spiro atoms. The van der Waals surface area contributed by atoms with Crippen molar-refractivity contribution in [1.29, 1.82) is 0 Å². The predicted octanol–water partition coefficient (Wildman–Crippen LogP) is 3.25. The predicted molar refractivity (Wildman–Crippen MR) is 165 cm³/mol. The lowest BCUT2D eigenvalue weighted by atomic mass is 9.64. The lowest BCUT2D eigenvalue weighted by Gasteiger charge is -2.38. The number of imide groups is 1. The number of nitrogens with zero attached hydrogens (tertiary/aromatic N) is 3. The quantitative estimate of drug-likeness (QED) is 0.352. The molecule has 2 amide bonds. The molecule has 46 heavy (non-hydrogen) atoms. The fraction of sp³-hybridized carbons (Fsp3) is 0.353. The van der Waals surface area contributed by atoms with E-state index in [-0.39, 0.29) is 50.4 Å². The Hall–Kier alpha value is -5.10. The first-order valence-electron chi connectivity index (χ1n) is 15.0. The Bertz CT molecular complexity index is 1730. The number of fused-ring (bicyclic) bond motifs is 4. The van der Waals surface area contributed by atoms with Crippen molar-refractivity contribution in [3.63, 3.8) is 0 Å². The van der Waals surface area contributed by atoms with E-state index < -0.39 is 17.8 Å². The normalized spacial score (nSPS) is 21.2. The number of hydrazone groups is 1. The summed E-state index contributed by atoms with van der Waals surface area (Å²) in [4.78, 5) is 41.0. The van der Waals surface area contributed by atoms with E-state index in [9.17, 15) is 19.5 Å². The largest absolute Gasteiger partial charge is 0.497 e. The van der Waals surface area contributed by atoms with Gasteiger partial charge in [0.2, 0.25) is 18.6 Å². The van der Waals surface area contributed by atoms with E-state index in [1.807, 2.05) is 53.5 Å². The SMILES string of the molecule is COc1ccc(N2C[C@@H]3C(=N2)c2cc4c(cc2[C@@H](c2cc(CO)c(OC)c(OC)c2)[C@H]3C(=O)CN2C(=O)CCC2=O)OCO4)cc1. The number of amides is 2. The van der Waals surface area contributed by atoms with E-state index in [0.717, 1.165) is 21.7 Å². The molecule has 3 aromatic rings. The Morgan fingerprint density at radius 2 is 1.67 bits per heavy atom. The summed E-state index contributed by atoms with van der Waals surface area (Å²) >= 11 is 0. The summed E-state index contributed by atoms with van der Waals surface area (Å²) in [5.74, 6) is -0.157. The molecular weight excluding hydrogens is 594 g/mol. The maximum Gasteiger partial charge on any atom is 0.231 e. The number of aliphatic hydroxyl groups excluding tert-OH is 1. The van der Waals surface area contributed by atoms with Gasteiger partial charge in [-0.05, 0) is 59.7 Å². The van der Waals surface area contributed by atoms with Gasteiger partial charge in [0.05, 0.1) is 52.4 Å². The van der Waals surface area contributed by atoms with Crippen LogP contribution in [-0.4, -0.2) is 74.5 Å². The van der Waals surface area contributed by atoms with Crippen LogP contribution in [0.1, 0.15) is 41.0 Å². The zero-order valence-electron chi connectivity index (χ0n) is 25.6. The summed E-state index contributed by atoms with van der Waals surface area (Å²) in [5.41, 5.74) is 4.26. The molecule has 12 nitrogen and oxygen atoms in total. The van der Waals surface area contributed by atoms with Gasteiger partial charge in [-0.3, -0.25) is 24.3 Å². The zero-order valence-corrected chi connectivity index (χ0v) is 25.6. The van der Waals surface area contributed by atoms with Crippen LogP contribution in [0, 0.1) is 11.8 Å². The molecule has 0 unspecified atom stereocenters. The number of carbonyl (C=O) groups excluding carboxylic acids is 3. The molecule has 0 aromatic heterocycles. The number of hydrogen-bond acceptors (Lipinski definition) is 11. The van der Waals surface area contributed by atoms with Crippen LogP contribution >= 0.6 is 0 Å². The number of likely N-dealkylation sites (tertiary alicyclic amines) is 1. The lowest BCUT2D eigenvalue weighted by molar-refractivity contribution is -0.143. The number of ether oxygens (including phenoxy) is 5.